The van der Waals surface area contributed by atoms with Crippen LogP contribution >= 0.6 is 34.8 Å². The Balaban J connectivity index is 0.000000455. The van der Waals surface area contributed by atoms with Gasteiger partial charge in [0, 0.05) is 16.6 Å². The molecule has 29 heavy (non-hydrogen) atoms. The maximum Gasteiger partial charge on any atom is 0.244 e. The highest BCUT2D eigenvalue weighted by Gasteiger charge is 1.99. The van der Waals surface area contributed by atoms with Crippen LogP contribution in [-0.4, -0.2) is 24.2 Å². The van der Waals surface area contributed by atoms with Gasteiger partial charge in [-0.1, -0.05) is 72.8 Å². The van der Waals surface area contributed by atoms with Crippen molar-refractivity contribution in [3.63, 3.8) is 0 Å². The quantitative estimate of drug-likeness (QED) is 0.457. The van der Waals surface area contributed by atoms with Gasteiger partial charge in [0.1, 0.15) is 0 Å². The van der Waals surface area contributed by atoms with Gasteiger partial charge >= 0.3 is 0 Å². The summed E-state index contributed by atoms with van der Waals surface area (Å²) in [6.45, 7) is 7.68. The first kappa shape index (κ1) is 26.9. The molecule has 1 amide bonds. The molecule has 0 saturated carbocycles. The molecule has 0 aliphatic heterocycles. The summed E-state index contributed by atoms with van der Waals surface area (Å²) in [5.41, 5.74) is 7.54. The summed E-state index contributed by atoms with van der Waals surface area (Å²) in [6.07, 6.45) is 3.90. The molecule has 0 fully saturated rings. The Morgan fingerprint density at radius 2 is 1.34 bits per heavy atom. The molecule has 0 unspecified atom stereocenters. The molecule has 3 N–H and O–H groups in total. The minimum Gasteiger partial charge on any atom is -0.352 e. The van der Waals surface area contributed by atoms with Gasteiger partial charge in [0.25, 0.3) is 0 Å². The van der Waals surface area contributed by atoms with E-state index < -0.39 is 5.24 Å². The van der Waals surface area contributed by atoms with E-state index in [1.54, 1.807) is 0 Å². The van der Waals surface area contributed by atoms with Crippen molar-refractivity contribution >= 4 is 46.0 Å². The molecule has 4 nitrogen and oxygen atoms in total. The number of allylic oxidation sites excluding steroid dienone is 1. The third kappa shape index (κ3) is 13.7. The van der Waals surface area contributed by atoms with Crippen molar-refractivity contribution in [2.24, 2.45) is 5.73 Å². The Labute approximate surface area is 187 Å². The zero-order chi connectivity index (χ0) is 22.1. The van der Waals surface area contributed by atoms with E-state index in [4.69, 9.17) is 40.5 Å². The van der Waals surface area contributed by atoms with E-state index in [1.807, 2.05) is 48.5 Å². The molecule has 0 atom stereocenters. The molecular formula is C22H25Cl3N2O2. The fourth-order valence-electron chi connectivity index (χ4n) is 1.95. The van der Waals surface area contributed by atoms with Crippen molar-refractivity contribution in [2.75, 3.05) is 13.1 Å². The number of carbonyl (C=O) groups is 2. The lowest BCUT2D eigenvalue weighted by Gasteiger charge is -2.04. The smallest absolute Gasteiger partial charge is 0.244 e. The zero-order valence-electron chi connectivity index (χ0n) is 16.0. The van der Waals surface area contributed by atoms with E-state index in [1.165, 1.54) is 6.08 Å². The van der Waals surface area contributed by atoms with Crippen LogP contribution in [0.4, 0.5) is 0 Å². The average molecular weight is 456 g/mol. The van der Waals surface area contributed by atoms with Crippen LogP contribution in [0.25, 0.3) is 0 Å². The van der Waals surface area contributed by atoms with E-state index in [0.717, 1.165) is 40.1 Å². The molecule has 0 aliphatic carbocycles. The van der Waals surface area contributed by atoms with Crippen LogP contribution in [0.3, 0.4) is 0 Å². The summed E-state index contributed by atoms with van der Waals surface area (Å²) in [5, 5.41) is 3.73. The first-order valence-corrected chi connectivity index (χ1v) is 9.88. The van der Waals surface area contributed by atoms with Crippen LogP contribution in [0.15, 0.2) is 73.8 Å². The monoisotopic (exact) mass is 454 g/mol. The highest BCUT2D eigenvalue weighted by atomic mass is 35.5. The van der Waals surface area contributed by atoms with Gasteiger partial charge in [0.2, 0.25) is 11.1 Å². The van der Waals surface area contributed by atoms with Crippen LogP contribution in [0.1, 0.15) is 11.1 Å². The Bertz CT molecular complexity index is 795. The van der Waals surface area contributed by atoms with Gasteiger partial charge in [0.05, 0.1) is 0 Å². The Morgan fingerprint density at radius 3 is 1.72 bits per heavy atom. The van der Waals surface area contributed by atoms with Crippen LogP contribution in [0.2, 0.25) is 10.0 Å². The number of hydrogen-bond acceptors (Lipinski definition) is 3. The number of halogens is 3. The summed E-state index contributed by atoms with van der Waals surface area (Å²) in [5.74, 6) is -0.156. The SMILES string of the molecule is C=CC(=O)Cl.C=CC(=O)NCCc1ccccc1Cl.NCCc1ccccc1Cl. The summed E-state index contributed by atoms with van der Waals surface area (Å²) in [6, 6.07) is 15.4. The number of carbonyl (C=O) groups excluding carboxylic acids is 2. The van der Waals surface area contributed by atoms with E-state index in [-0.39, 0.29) is 5.91 Å². The molecule has 2 aromatic carbocycles. The van der Waals surface area contributed by atoms with Crippen molar-refractivity contribution in [2.45, 2.75) is 12.8 Å². The highest BCUT2D eigenvalue weighted by molar-refractivity contribution is 6.66. The average Bonchev–Trinajstić information content (AvgIpc) is 2.72. The van der Waals surface area contributed by atoms with Gasteiger partial charge in [-0.3, -0.25) is 9.59 Å². The molecule has 2 rings (SSSR count). The fraction of sp³-hybridized carbons (Fsp3) is 0.182. The predicted molar refractivity (Wildman–Crippen MR) is 124 cm³/mol. The van der Waals surface area contributed by atoms with E-state index in [2.05, 4.69) is 18.5 Å². The number of amides is 1. The van der Waals surface area contributed by atoms with Gasteiger partial charge in [-0.05, 0) is 66.4 Å². The minimum absolute atomic E-state index is 0.156. The molecule has 0 spiro atoms. The Kier molecular flexibility index (Phi) is 15.6. The summed E-state index contributed by atoms with van der Waals surface area (Å²) in [4.78, 5) is 20.3. The van der Waals surface area contributed by atoms with Gasteiger partial charge < -0.3 is 11.1 Å². The van der Waals surface area contributed by atoms with Crippen molar-refractivity contribution in [1.82, 2.24) is 5.32 Å². The predicted octanol–water partition coefficient (Wildman–Crippen LogP) is 4.96. The van der Waals surface area contributed by atoms with E-state index in [9.17, 15) is 9.59 Å². The van der Waals surface area contributed by atoms with Crippen molar-refractivity contribution in [1.29, 1.82) is 0 Å². The van der Waals surface area contributed by atoms with E-state index in [0.29, 0.717) is 13.1 Å². The zero-order valence-corrected chi connectivity index (χ0v) is 18.3. The molecule has 0 heterocycles. The van der Waals surface area contributed by atoms with Crippen LogP contribution in [-0.2, 0) is 22.4 Å². The highest BCUT2D eigenvalue weighted by Crippen LogP contribution is 2.15. The number of hydrogen-bond donors (Lipinski definition) is 2. The summed E-state index contributed by atoms with van der Waals surface area (Å²) in [7, 11) is 0. The maximum absolute atomic E-state index is 10.8. The van der Waals surface area contributed by atoms with Crippen molar-refractivity contribution in [3.8, 4) is 0 Å². The Morgan fingerprint density at radius 1 is 0.897 bits per heavy atom. The third-order valence-electron chi connectivity index (χ3n) is 3.37. The molecule has 0 aliphatic rings. The molecule has 0 saturated heterocycles. The molecule has 0 aromatic heterocycles. The maximum atomic E-state index is 10.8. The number of nitrogens with two attached hydrogens (primary N) is 1. The topological polar surface area (TPSA) is 72.2 Å². The van der Waals surface area contributed by atoms with Crippen molar-refractivity contribution in [3.05, 3.63) is 95.0 Å². The molecular weight excluding hydrogens is 431 g/mol. The fourth-order valence-corrected chi connectivity index (χ4v) is 2.41. The standard InChI is InChI=1S/C11H12ClNO.C8H10ClN.C3H3ClO/c1-2-11(14)13-8-7-9-5-3-4-6-10(9)12;9-8-4-2-1-3-7(8)5-6-10;1-2-3(4)5/h2-6H,1,7-8H2,(H,13,14);1-4H,5-6,10H2;2H,1H2. The summed E-state index contributed by atoms with van der Waals surface area (Å²) >= 11 is 16.5. The largest absolute Gasteiger partial charge is 0.352 e. The molecule has 0 radical (unpaired) electrons. The van der Waals surface area contributed by atoms with Gasteiger partial charge in [-0.2, -0.15) is 0 Å². The van der Waals surface area contributed by atoms with Crippen LogP contribution in [0.5, 0.6) is 0 Å². The first-order valence-electron chi connectivity index (χ1n) is 8.74. The second-order valence-electron chi connectivity index (χ2n) is 5.47. The lowest BCUT2D eigenvalue weighted by atomic mass is 10.1. The lowest BCUT2D eigenvalue weighted by molar-refractivity contribution is -0.116. The second kappa shape index (κ2) is 16.8. The van der Waals surface area contributed by atoms with Gasteiger partial charge in [0.15, 0.2) is 0 Å². The molecule has 0 bridgehead atoms. The Hall–Kier alpha value is -2.11. The first-order chi connectivity index (χ1) is 13.8. The van der Waals surface area contributed by atoms with Gasteiger partial charge in [-0.15, -0.1) is 0 Å². The van der Waals surface area contributed by atoms with Gasteiger partial charge in [-0.25, -0.2) is 0 Å². The number of rotatable bonds is 7. The van der Waals surface area contributed by atoms with E-state index >= 15 is 0 Å². The third-order valence-corrected chi connectivity index (χ3v) is 4.26. The van der Waals surface area contributed by atoms with Crippen molar-refractivity contribution < 1.29 is 9.59 Å². The summed E-state index contributed by atoms with van der Waals surface area (Å²) < 4.78 is 0. The normalized spacial score (nSPS) is 9.10. The minimum atomic E-state index is -0.509. The van der Waals surface area contributed by atoms with Crippen LogP contribution < -0.4 is 11.1 Å². The lowest BCUT2D eigenvalue weighted by Crippen LogP contribution is -2.23. The molecule has 7 heteroatoms. The number of nitrogens with one attached hydrogen (secondary N) is 1. The van der Waals surface area contributed by atoms with Crippen LogP contribution in [0, 0.1) is 0 Å². The second-order valence-corrected chi connectivity index (χ2v) is 6.66. The molecule has 2 aromatic rings. The number of benzene rings is 2. The molecule has 156 valence electrons.